The van der Waals surface area contributed by atoms with Crippen LogP contribution >= 0.6 is 11.6 Å². The Labute approximate surface area is 92.2 Å². The molecule has 0 N–H and O–H groups in total. The van der Waals surface area contributed by atoms with Crippen LogP contribution in [0.1, 0.15) is 12.5 Å². The summed E-state index contributed by atoms with van der Waals surface area (Å²) in [6.07, 6.45) is 1.17. The van der Waals surface area contributed by atoms with Gasteiger partial charge in [0.05, 0.1) is 0 Å². The van der Waals surface area contributed by atoms with Gasteiger partial charge in [0, 0.05) is 0 Å². The number of rotatable bonds is 3. The molecule has 0 aliphatic heterocycles. The summed E-state index contributed by atoms with van der Waals surface area (Å²) in [5, 5.41) is 0.825. The number of halogens is 1. The molecule has 1 atom stereocenters. The van der Waals surface area contributed by atoms with Gasteiger partial charge in [0.25, 0.3) is 0 Å². The van der Waals surface area contributed by atoms with Crippen molar-refractivity contribution in [3.8, 4) is 0 Å². The van der Waals surface area contributed by atoms with E-state index in [2.05, 4.69) is 19.1 Å². The van der Waals surface area contributed by atoms with E-state index in [4.69, 9.17) is 11.6 Å². The Kier molecular flexibility index (Phi) is 4.43. The third-order valence-electron chi connectivity index (χ3n) is 1.81. The number of benzene rings is 1. The van der Waals surface area contributed by atoms with Gasteiger partial charge in [-0.2, -0.15) is 0 Å². The Morgan fingerprint density at radius 1 is 1.33 bits per heavy atom. The van der Waals surface area contributed by atoms with E-state index in [-0.39, 0.29) is 0 Å². The van der Waals surface area contributed by atoms with Gasteiger partial charge in [0.2, 0.25) is 0 Å². The molecule has 0 amide bonds. The third kappa shape index (κ3) is 3.35. The van der Waals surface area contributed by atoms with Crippen molar-refractivity contribution in [2.45, 2.75) is 17.8 Å². The van der Waals surface area contributed by atoms with Gasteiger partial charge < -0.3 is 0 Å². The summed E-state index contributed by atoms with van der Waals surface area (Å²) in [7, 11) is 0. The summed E-state index contributed by atoms with van der Waals surface area (Å²) >= 11 is 7.68. The SMILES string of the molecule is CC(C[TeH])Cc1ccc(Cl)cc1. The first-order chi connectivity index (χ1) is 5.72. The molecule has 0 aromatic heterocycles. The van der Waals surface area contributed by atoms with E-state index >= 15 is 0 Å². The Balaban J connectivity index is 2.58. The van der Waals surface area contributed by atoms with Crippen LogP contribution in [-0.4, -0.2) is 22.3 Å². The van der Waals surface area contributed by atoms with Crippen LogP contribution in [0.4, 0.5) is 0 Å². The van der Waals surface area contributed by atoms with Crippen molar-refractivity contribution in [3.05, 3.63) is 34.9 Å². The molecule has 0 spiro atoms. The first-order valence-electron chi connectivity index (χ1n) is 4.07. The van der Waals surface area contributed by atoms with Gasteiger partial charge in [0.15, 0.2) is 0 Å². The van der Waals surface area contributed by atoms with Crippen molar-refractivity contribution >= 4 is 33.9 Å². The maximum atomic E-state index is 5.78. The summed E-state index contributed by atoms with van der Waals surface area (Å²) < 4.78 is 1.29. The van der Waals surface area contributed by atoms with Gasteiger partial charge in [-0.1, -0.05) is 0 Å². The Morgan fingerprint density at radius 3 is 2.42 bits per heavy atom. The van der Waals surface area contributed by atoms with Crippen molar-refractivity contribution in [2.75, 3.05) is 0 Å². The van der Waals surface area contributed by atoms with Crippen molar-refractivity contribution in [3.63, 3.8) is 0 Å². The zero-order chi connectivity index (χ0) is 8.97. The average molecular weight is 296 g/mol. The molecule has 0 aliphatic carbocycles. The Morgan fingerprint density at radius 2 is 1.92 bits per heavy atom. The van der Waals surface area contributed by atoms with Crippen LogP contribution in [0.2, 0.25) is 9.49 Å². The molecule has 0 saturated carbocycles. The van der Waals surface area contributed by atoms with Gasteiger partial charge in [0.1, 0.15) is 0 Å². The van der Waals surface area contributed by atoms with Crippen molar-refractivity contribution in [1.82, 2.24) is 0 Å². The molecule has 1 rings (SSSR count). The molecular weight excluding hydrogens is 283 g/mol. The monoisotopic (exact) mass is 298 g/mol. The zero-order valence-corrected chi connectivity index (χ0v) is 10.4. The minimum absolute atomic E-state index is 0.792. The van der Waals surface area contributed by atoms with E-state index < -0.39 is 0 Å². The summed E-state index contributed by atoms with van der Waals surface area (Å²) in [5.74, 6) is 0.792. The number of hydrogen-bond acceptors (Lipinski definition) is 0. The molecule has 0 heterocycles. The van der Waals surface area contributed by atoms with Crippen LogP contribution in [0.3, 0.4) is 0 Å². The minimum atomic E-state index is 0.792. The van der Waals surface area contributed by atoms with E-state index in [0.29, 0.717) is 0 Å². The summed E-state index contributed by atoms with van der Waals surface area (Å²) in [6.45, 7) is 2.28. The van der Waals surface area contributed by atoms with Crippen LogP contribution in [0.5, 0.6) is 0 Å². The van der Waals surface area contributed by atoms with Crippen molar-refractivity contribution in [1.29, 1.82) is 0 Å². The summed E-state index contributed by atoms with van der Waals surface area (Å²) in [4.78, 5) is 0. The van der Waals surface area contributed by atoms with Crippen LogP contribution in [0, 0.1) is 5.92 Å². The van der Waals surface area contributed by atoms with Crippen LogP contribution in [-0.2, 0) is 6.42 Å². The van der Waals surface area contributed by atoms with Gasteiger partial charge in [-0.25, -0.2) is 0 Å². The fourth-order valence-corrected chi connectivity index (χ4v) is 1.58. The van der Waals surface area contributed by atoms with E-state index in [1.807, 2.05) is 34.4 Å². The topological polar surface area (TPSA) is 0 Å². The van der Waals surface area contributed by atoms with E-state index in [9.17, 15) is 0 Å². The van der Waals surface area contributed by atoms with Gasteiger partial charge in [-0.3, -0.25) is 0 Å². The molecule has 0 nitrogen and oxygen atoms in total. The number of hydrogen-bond donors (Lipinski definition) is 0. The van der Waals surface area contributed by atoms with Crippen LogP contribution in [0.15, 0.2) is 24.3 Å². The van der Waals surface area contributed by atoms with E-state index in [1.54, 1.807) is 0 Å². The standard InChI is InChI=1S/C10H13ClTe/c1-8(7-12)6-9-2-4-10(11)5-3-9/h2-5,8,12H,6-7H2,1H3. The summed E-state index contributed by atoms with van der Waals surface area (Å²) in [5.41, 5.74) is 1.39. The molecule has 1 aromatic carbocycles. The molecule has 0 fully saturated rings. The molecule has 0 saturated heterocycles. The van der Waals surface area contributed by atoms with Gasteiger partial charge >= 0.3 is 92.5 Å². The molecule has 1 unspecified atom stereocenters. The summed E-state index contributed by atoms with van der Waals surface area (Å²) in [6, 6.07) is 8.15. The molecule has 0 bridgehead atoms. The molecule has 12 heavy (non-hydrogen) atoms. The normalized spacial score (nSPS) is 12.9. The first kappa shape index (κ1) is 10.4. The zero-order valence-electron chi connectivity index (χ0n) is 7.13. The Hall–Kier alpha value is 0.300. The molecule has 2 heteroatoms. The van der Waals surface area contributed by atoms with Crippen molar-refractivity contribution in [2.24, 2.45) is 5.92 Å². The van der Waals surface area contributed by atoms with Gasteiger partial charge in [-0.05, 0) is 0 Å². The molecular formula is C10H13ClTe. The second-order valence-electron chi connectivity index (χ2n) is 3.12. The quantitative estimate of drug-likeness (QED) is 0.753. The predicted molar refractivity (Wildman–Crippen MR) is 56.3 cm³/mol. The Bertz CT molecular complexity index is 230. The fourth-order valence-electron chi connectivity index (χ4n) is 1.09. The molecule has 1 aromatic rings. The second kappa shape index (κ2) is 5.12. The van der Waals surface area contributed by atoms with Crippen LogP contribution < -0.4 is 0 Å². The predicted octanol–water partition coefficient (Wildman–Crippen LogP) is 2.84. The van der Waals surface area contributed by atoms with Gasteiger partial charge in [-0.15, -0.1) is 0 Å². The van der Waals surface area contributed by atoms with E-state index in [0.717, 1.165) is 10.9 Å². The fraction of sp³-hybridized carbons (Fsp3) is 0.400. The molecule has 0 radical (unpaired) electrons. The average Bonchev–Trinajstić information content (AvgIpc) is 2.09. The molecule has 0 aliphatic rings. The second-order valence-corrected chi connectivity index (χ2v) is 4.60. The third-order valence-corrected chi connectivity index (χ3v) is 3.84. The first-order valence-corrected chi connectivity index (χ1v) is 6.26. The maximum absolute atomic E-state index is 5.78. The van der Waals surface area contributed by atoms with E-state index in [1.165, 1.54) is 16.5 Å². The molecule has 66 valence electrons. The van der Waals surface area contributed by atoms with Crippen molar-refractivity contribution < 1.29 is 0 Å². The van der Waals surface area contributed by atoms with Crippen LogP contribution in [0.25, 0.3) is 0 Å².